The molecule has 0 radical (unpaired) electrons. The molecule has 0 spiro atoms. The van der Waals surface area contributed by atoms with Gasteiger partial charge in [0.05, 0.1) is 25.4 Å². The summed E-state index contributed by atoms with van der Waals surface area (Å²) in [6.45, 7) is 13.0. The highest BCUT2D eigenvalue weighted by Crippen LogP contribution is 2.22. The van der Waals surface area contributed by atoms with Gasteiger partial charge in [0.15, 0.2) is 0 Å². The molecule has 0 fully saturated rings. The van der Waals surface area contributed by atoms with E-state index in [-0.39, 0.29) is 12.2 Å². The first-order valence-electron chi connectivity index (χ1n) is 5.31. The fourth-order valence-corrected chi connectivity index (χ4v) is 1.60. The summed E-state index contributed by atoms with van der Waals surface area (Å²) in [7, 11) is 0. The maximum atomic E-state index is 5.64. The third-order valence-corrected chi connectivity index (χ3v) is 2.60. The van der Waals surface area contributed by atoms with E-state index in [1.54, 1.807) is 6.08 Å². The van der Waals surface area contributed by atoms with Crippen LogP contribution in [0.1, 0.15) is 20.3 Å². The molecule has 2 heteroatoms. The molecule has 0 bridgehead atoms. The van der Waals surface area contributed by atoms with Crippen LogP contribution in [0, 0.1) is 0 Å². The average molecular weight is 208 g/mol. The Bertz CT molecular complexity index is 266. The molecule has 1 aliphatic rings. The molecule has 1 aliphatic heterocycles. The van der Waals surface area contributed by atoms with Crippen molar-refractivity contribution in [3.8, 4) is 0 Å². The van der Waals surface area contributed by atoms with Gasteiger partial charge in [0.2, 0.25) is 0 Å². The predicted octanol–water partition coefficient (Wildman–Crippen LogP) is 2.87. The van der Waals surface area contributed by atoms with Gasteiger partial charge in [-0.05, 0) is 19.4 Å². The zero-order valence-electron chi connectivity index (χ0n) is 9.66. The first kappa shape index (κ1) is 12.2. The molecule has 84 valence electrons. The number of rotatable bonds is 6. The molecule has 0 aromatic heterocycles. The molecule has 0 aliphatic carbocycles. The highest BCUT2D eigenvalue weighted by atomic mass is 16.5. The number of ether oxygens (including phenoxy) is 2. The van der Waals surface area contributed by atoms with Gasteiger partial charge in [-0.15, -0.1) is 6.58 Å². The monoisotopic (exact) mass is 208 g/mol. The highest BCUT2D eigenvalue weighted by molar-refractivity contribution is 5.12. The van der Waals surface area contributed by atoms with Crippen molar-refractivity contribution in [2.75, 3.05) is 13.2 Å². The largest absolute Gasteiger partial charge is 0.370 e. The van der Waals surface area contributed by atoms with E-state index in [0.29, 0.717) is 6.61 Å². The van der Waals surface area contributed by atoms with Crippen LogP contribution in [0.3, 0.4) is 0 Å². The molecule has 1 heterocycles. The van der Waals surface area contributed by atoms with Crippen molar-refractivity contribution in [2.45, 2.75) is 32.5 Å². The fraction of sp³-hybridized carbons (Fsp3) is 0.538. The summed E-state index contributed by atoms with van der Waals surface area (Å²) in [6.07, 6.45) is 4.98. The lowest BCUT2D eigenvalue weighted by Crippen LogP contribution is -2.22. The quantitative estimate of drug-likeness (QED) is 0.625. The van der Waals surface area contributed by atoms with Crippen LogP contribution in [0.5, 0.6) is 0 Å². The van der Waals surface area contributed by atoms with Crippen molar-refractivity contribution in [3.05, 3.63) is 36.5 Å². The van der Waals surface area contributed by atoms with Gasteiger partial charge < -0.3 is 9.47 Å². The lowest BCUT2D eigenvalue weighted by atomic mass is 10.0. The summed E-state index contributed by atoms with van der Waals surface area (Å²) in [5, 5.41) is 0. The summed E-state index contributed by atoms with van der Waals surface area (Å²) in [5.41, 5.74) is 2.34. The Balaban J connectivity index is 2.47. The lowest BCUT2D eigenvalue weighted by Gasteiger charge is -2.21. The SMILES string of the molecule is C=CCO[C@@H](C[C@H]1OCC=C1C)C(=C)C. The molecule has 0 aromatic rings. The normalized spacial score (nSPS) is 22.3. The van der Waals surface area contributed by atoms with Crippen LogP contribution in [0.2, 0.25) is 0 Å². The summed E-state index contributed by atoms with van der Waals surface area (Å²) < 4.78 is 11.2. The minimum absolute atomic E-state index is 0.0643. The van der Waals surface area contributed by atoms with Crippen molar-refractivity contribution in [2.24, 2.45) is 0 Å². The van der Waals surface area contributed by atoms with Gasteiger partial charge in [0.25, 0.3) is 0 Å². The molecule has 2 atom stereocenters. The van der Waals surface area contributed by atoms with E-state index >= 15 is 0 Å². The van der Waals surface area contributed by atoms with Gasteiger partial charge >= 0.3 is 0 Å². The van der Waals surface area contributed by atoms with Crippen molar-refractivity contribution in [1.82, 2.24) is 0 Å². The van der Waals surface area contributed by atoms with E-state index in [2.05, 4.69) is 26.2 Å². The molecule has 15 heavy (non-hydrogen) atoms. The summed E-state index contributed by atoms with van der Waals surface area (Å²) in [6, 6.07) is 0. The van der Waals surface area contributed by atoms with E-state index in [0.717, 1.165) is 18.6 Å². The smallest absolute Gasteiger partial charge is 0.0815 e. The highest BCUT2D eigenvalue weighted by Gasteiger charge is 2.22. The van der Waals surface area contributed by atoms with Crippen LogP contribution in [0.4, 0.5) is 0 Å². The number of hydrogen-bond acceptors (Lipinski definition) is 2. The predicted molar refractivity (Wildman–Crippen MR) is 62.9 cm³/mol. The Kier molecular flexibility index (Phi) is 4.79. The third-order valence-electron chi connectivity index (χ3n) is 2.60. The molecule has 0 unspecified atom stereocenters. The molecule has 0 saturated heterocycles. The average Bonchev–Trinajstić information content (AvgIpc) is 2.58. The van der Waals surface area contributed by atoms with Crippen molar-refractivity contribution in [1.29, 1.82) is 0 Å². The standard InChI is InChI=1S/C13H20O2/c1-5-7-14-12(10(2)3)9-13-11(4)6-8-15-13/h5-6,12-13H,1-2,7-9H2,3-4H3/t12-,13+/m0/s1. The van der Waals surface area contributed by atoms with Crippen LogP contribution in [-0.2, 0) is 9.47 Å². The van der Waals surface area contributed by atoms with Crippen LogP contribution >= 0.6 is 0 Å². The molecule has 0 saturated carbocycles. The zero-order valence-corrected chi connectivity index (χ0v) is 9.66. The van der Waals surface area contributed by atoms with Crippen LogP contribution < -0.4 is 0 Å². The minimum atomic E-state index is 0.0643. The second-order valence-electron chi connectivity index (χ2n) is 3.96. The van der Waals surface area contributed by atoms with Crippen LogP contribution in [-0.4, -0.2) is 25.4 Å². The molecule has 0 N–H and O–H groups in total. The van der Waals surface area contributed by atoms with Crippen molar-refractivity contribution < 1.29 is 9.47 Å². The van der Waals surface area contributed by atoms with E-state index in [1.807, 2.05) is 6.92 Å². The van der Waals surface area contributed by atoms with Gasteiger partial charge in [-0.25, -0.2) is 0 Å². The van der Waals surface area contributed by atoms with E-state index in [9.17, 15) is 0 Å². The van der Waals surface area contributed by atoms with Crippen molar-refractivity contribution in [3.63, 3.8) is 0 Å². The van der Waals surface area contributed by atoms with Crippen molar-refractivity contribution >= 4 is 0 Å². The Morgan fingerprint density at radius 3 is 3.00 bits per heavy atom. The maximum absolute atomic E-state index is 5.64. The topological polar surface area (TPSA) is 18.5 Å². The zero-order chi connectivity index (χ0) is 11.3. The molecule has 0 aromatic carbocycles. The molecular formula is C13H20O2. The Labute approximate surface area is 92.3 Å². The van der Waals surface area contributed by atoms with Crippen LogP contribution in [0.15, 0.2) is 36.5 Å². The van der Waals surface area contributed by atoms with E-state index in [1.165, 1.54) is 5.57 Å². The van der Waals surface area contributed by atoms with Gasteiger partial charge in [0, 0.05) is 6.42 Å². The fourth-order valence-electron chi connectivity index (χ4n) is 1.60. The maximum Gasteiger partial charge on any atom is 0.0815 e. The first-order chi connectivity index (χ1) is 7.15. The first-order valence-corrected chi connectivity index (χ1v) is 5.31. The van der Waals surface area contributed by atoms with E-state index < -0.39 is 0 Å². The Morgan fingerprint density at radius 2 is 2.53 bits per heavy atom. The summed E-state index contributed by atoms with van der Waals surface area (Å²) in [5.74, 6) is 0. The second-order valence-corrected chi connectivity index (χ2v) is 3.96. The van der Waals surface area contributed by atoms with Crippen LogP contribution in [0.25, 0.3) is 0 Å². The number of hydrogen-bond donors (Lipinski definition) is 0. The molecular weight excluding hydrogens is 188 g/mol. The third kappa shape index (κ3) is 3.65. The molecule has 1 rings (SSSR count). The van der Waals surface area contributed by atoms with Gasteiger partial charge in [-0.1, -0.05) is 24.3 Å². The lowest BCUT2D eigenvalue weighted by molar-refractivity contribution is 0.0392. The van der Waals surface area contributed by atoms with Gasteiger partial charge in [0.1, 0.15) is 0 Å². The summed E-state index contributed by atoms with van der Waals surface area (Å²) in [4.78, 5) is 0. The van der Waals surface area contributed by atoms with Gasteiger partial charge in [-0.3, -0.25) is 0 Å². The van der Waals surface area contributed by atoms with E-state index in [4.69, 9.17) is 9.47 Å². The Morgan fingerprint density at radius 1 is 1.80 bits per heavy atom. The van der Waals surface area contributed by atoms with Gasteiger partial charge in [-0.2, -0.15) is 0 Å². The Hall–Kier alpha value is -0.860. The summed E-state index contributed by atoms with van der Waals surface area (Å²) >= 11 is 0. The molecule has 0 amide bonds. The molecule has 2 nitrogen and oxygen atoms in total. The minimum Gasteiger partial charge on any atom is -0.370 e. The second kappa shape index (κ2) is 5.89.